The number of ether oxygens (including phenoxy) is 1. The van der Waals surface area contributed by atoms with Crippen LogP contribution in [-0.4, -0.2) is 31.7 Å². The van der Waals surface area contributed by atoms with Gasteiger partial charge < -0.3 is 15.4 Å². The molecule has 0 radical (unpaired) electrons. The molecule has 0 fully saturated rings. The first-order valence-corrected chi connectivity index (χ1v) is 7.22. The van der Waals surface area contributed by atoms with Crippen LogP contribution in [0.15, 0.2) is 41.4 Å². The highest BCUT2D eigenvalue weighted by molar-refractivity contribution is 5.80. The lowest BCUT2D eigenvalue weighted by atomic mass is 10.1. The van der Waals surface area contributed by atoms with Gasteiger partial charge in [0, 0.05) is 19.5 Å². The molecule has 0 saturated heterocycles. The first-order chi connectivity index (χ1) is 9.85. The molecule has 1 aliphatic carbocycles. The number of aliphatic imine (C=N–C) groups is 1. The Kier molecular flexibility index (Phi) is 3.90. The van der Waals surface area contributed by atoms with Crippen molar-refractivity contribution >= 4 is 5.96 Å². The summed E-state index contributed by atoms with van der Waals surface area (Å²) in [6.45, 7) is 0.772. The Balaban J connectivity index is 1.47. The highest BCUT2D eigenvalue weighted by atomic mass is 16.5. The number of rotatable bonds is 3. The summed E-state index contributed by atoms with van der Waals surface area (Å²) in [6.07, 6.45) is 7.72. The second kappa shape index (κ2) is 5.99. The van der Waals surface area contributed by atoms with Gasteiger partial charge in [0.25, 0.3) is 0 Å². The van der Waals surface area contributed by atoms with Gasteiger partial charge in [0.1, 0.15) is 11.9 Å². The number of guanidine groups is 1. The summed E-state index contributed by atoms with van der Waals surface area (Å²) in [5.74, 6) is 1.88. The predicted octanol–water partition coefficient (Wildman–Crippen LogP) is 1.87. The summed E-state index contributed by atoms with van der Waals surface area (Å²) in [4.78, 5) is 4.27. The van der Waals surface area contributed by atoms with Crippen molar-refractivity contribution < 1.29 is 4.74 Å². The van der Waals surface area contributed by atoms with Gasteiger partial charge in [-0.3, -0.25) is 4.99 Å². The number of nitrogens with one attached hydrogen (secondary N) is 2. The Morgan fingerprint density at radius 2 is 2.10 bits per heavy atom. The first-order valence-electron chi connectivity index (χ1n) is 7.22. The second-order valence-corrected chi connectivity index (χ2v) is 5.29. The molecule has 0 bridgehead atoms. The molecule has 0 aromatic heterocycles. The fourth-order valence-electron chi connectivity index (χ4n) is 2.70. The van der Waals surface area contributed by atoms with E-state index in [2.05, 4.69) is 39.9 Å². The molecule has 1 heterocycles. The van der Waals surface area contributed by atoms with Gasteiger partial charge in [-0.1, -0.05) is 30.4 Å². The van der Waals surface area contributed by atoms with E-state index in [1.165, 1.54) is 5.56 Å². The number of nitrogens with zero attached hydrogens (tertiary/aromatic N) is 1. The first kappa shape index (κ1) is 13.0. The highest BCUT2D eigenvalue weighted by Gasteiger charge is 2.22. The van der Waals surface area contributed by atoms with Crippen LogP contribution >= 0.6 is 0 Å². The smallest absolute Gasteiger partial charge is 0.191 e. The second-order valence-electron chi connectivity index (χ2n) is 5.29. The van der Waals surface area contributed by atoms with Crippen LogP contribution in [-0.2, 0) is 6.42 Å². The van der Waals surface area contributed by atoms with Crippen molar-refractivity contribution in [2.75, 3.05) is 13.6 Å². The van der Waals surface area contributed by atoms with Gasteiger partial charge in [-0.2, -0.15) is 0 Å². The molecule has 0 spiro atoms. The van der Waals surface area contributed by atoms with E-state index in [4.69, 9.17) is 4.74 Å². The number of fused-ring (bicyclic) bond motifs is 1. The summed E-state index contributed by atoms with van der Waals surface area (Å²) < 4.78 is 5.91. The third kappa shape index (κ3) is 2.95. The Morgan fingerprint density at radius 1 is 1.30 bits per heavy atom. The maximum absolute atomic E-state index is 5.91. The Bertz CT molecular complexity index is 491. The number of benzene rings is 1. The molecule has 3 rings (SSSR count). The fourth-order valence-corrected chi connectivity index (χ4v) is 2.70. The minimum absolute atomic E-state index is 0.188. The quantitative estimate of drug-likeness (QED) is 0.501. The largest absolute Gasteiger partial charge is 0.488 e. The van der Waals surface area contributed by atoms with E-state index in [-0.39, 0.29) is 6.10 Å². The monoisotopic (exact) mass is 271 g/mol. The van der Waals surface area contributed by atoms with Crippen LogP contribution in [0.5, 0.6) is 5.75 Å². The topological polar surface area (TPSA) is 45.7 Å². The van der Waals surface area contributed by atoms with Gasteiger partial charge in [-0.15, -0.1) is 0 Å². The van der Waals surface area contributed by atoms with E-state index in [1.54, 1.807) is 0 Å². The Labute approximate surface area is 119 Å². The molecule has 1 aromatic carbocycles. The van der Waals surface area contributed by atoms with Gasteiger partial charge in [-0.25, -0.2) is 0 Å². The van der Waals surface area contributed by atoms with Gasteiger partial charge in [0.2, 0.25) is 0 Å². The third-order valence-corrected chi connectivity index (χ3v) is 3.78. The molecule has 0 saturated carbocycles. The normalized spacial score (nSPS) is 21.6. The molecule has 1 aliphatic heterocycles. The van der Waals surface area contributed by atoms with Crippen LogP contribution in [0.4, 0.5) is 0 Å². The minimum atomic E-state index is 0.188. The zero-order valence-electron chi connectivity index (χ0n) is 11.8. The van der Waals surface area contributed by atoms with Crippen LogP contribution in [0.3, 0.4) is 0 Å². The van der Waals surface area contributed by atoms with Crippen LogP contribution in [0, 0.1) is 0 Å². The average Bonchev–Trinajstić information content (AvgIpc) is 3.12. The lowest BCUT2D eigenvalue weighted by Crippen LogP contribution is -2.45. The minimum Gasteiger partial charge on any atom is -0.488 e. The molecule has 4 heteroatoms. The van der Waals surface area contributed by atoms with E-state index >= 15 is 0 Å². The van der Waals surface area contributed by atoms with Crippen LogP contribution in [0.2, 0.25) is 0 Å². The van der Waals surface area contributed by atoms with Crippen molar-refractivity contribution in [1.82, 2.24) is 10.6 Å². The van der Waals surface area contributed by atoms with Crippen molar-refractivity contribution in [1.29, 1.82) is 0 Å². The Morgan fingerprint density at radius 3 is 2.85 bits per heavy atom. The molecular weight excluding hydrogens is 250 g/mol. The zero-order valence-corrected chi connectivity index (χ0v) is 11.8. The summed E-state index contributed by atoms with van der Waals surface area (Å²) in [7, 11) is 1.81. The van der Waals surface area contributed by atoms with Crippen molar-refractivity contribution in [2.45, 2.75) is 31.4 Å². The van der Waals surface area contributed by atoms with Gasteiger partial charge in [-0.05, 0) is 24.5 Å². The van der Waals surface area contributed by atoms with E-state index in [0.717, 1.165) is 37.5 Å². The molecule has 1 unspecified atom stereocenters. The fraction of sp³-hybridized carbons (Fsp3) is 0.438. The van der Waals surface area contributed by atoms with E-state index in [9.17, 15) is 0 Å². The van der Waals surface area contributed by atoms with Crippen LogP contribution < -0.4 is 15.4 Å². The van der Waals surface area contributed by atoms with Gasteiger partial charge in [0.05, 0.1) is 6.54 Å². The SMILES string of the molecule is CN=C(NCC1Cc2ccccc2O1)NC1CC=CC1. The summed E-state index contributed by atoms with van der Waals surface area (Å²) in [6, 6.07) is 8.72. The molecule has 0 amide bonds. The van der Waals surface area contributed by atoms with Crippen molar-refractivity contribution in [2.24, 2.45) is 4.99 Å². The van der Waals surface area contributed by atoms with Crippen molar-refractivity contribution in [3.63, 3.8) is 0 Å². The lowest BCUT2D eigenvalue weighted by molar-refractivity contribution is 0.234. The molecule has 4 nitrogen and oxygen atoms in total. The highest BCUT2D eigenvalue weighted by Crippen LogP contribution is 2.27. The number of para-hydroxylation sites is 1. The number of hydrogen-bond donors (Lipinski definition) is 2. The standard InChI is InChI=1S/C16H21N3O/c1-17-16(19-13-7-3-4-8-13)18-11-14-10-12-6-2-5-9-15(12)20-14/h2-6,9,13-14H,7-8,10-11H2,1H3,(H2,17,18,19). The summed E-state index contributed by atoms with van der Waals surface area (Å²) in [5.41, 5.74) is 1.29. The maximum atomic E-state index is 5.91. The van der Waals surface area contributed by atoms with E-state index in [1.807, 2.05) is 19.2 Å². The lowest BCUT2D eigenvalue weighted by Gasteiger charge is -2.18. The van der Waals surface area contributed by atoms with Gasteiger partial charge >= 0.3 is 0 Å². The number of hydrogen-bond acceptors (Lipinski definition) is 2. The van der Waals surface area contributed by atoms with Crippen LogP contribution in [0.25, 0.3) is 0 Å². The Hall–Kier alpha value is -1.97. The van der Waals surface area contributed by atoms with Gasteiger partial charge in [0.15, 0.2) is 5.96 Å². The molecule has 106 valence electrons. The van der Waals surface area contributed by atoms with Crippen molar-refractivity contribution in [3.8, 4) is 5.75 Å². The molecule has 20 heavy (non-hydrogen) atoms. The summed E-state index contributed by atoms with van der Waals surface area (Å²) in [5, 5.41) is 6.79. The molecular formula is C16H21N3O. The van der Waals surface area contributed by atoms with Crippen LogP contribution in [0.1, 0.15) is 18.4 Å². The maximum Gasteiger partial charge on any atom is 0.191 e. The third-order valence-electron chi connectivity index (χ3n) is 3.78. The van der Waals surface area contributed by atoms with E-state index < -0.39 is 0 Å². The van der Waals surface area contributed by atoms with Crippen molar-refractivity contribution in [3.05, 3.63) is 42.0 Å². The predicted molar refractivity (Wildman–Crippen MR) is 81.2 cm³/mol. The molecule has 2 N–H and O–H groups in total. The van der Waals surface area contributed by atoms with E-state index in [0.29, 0.717) is 6.04 Å². The zero-order chi connectivity index (χ0) is 13.8. The average molecular weight is 271 g/mol. The molecule has 1 atom stereocenters. The summed E-state index contributed by atoms with van der Waals surface area (Å²) >= 11 is 0. The molecule has 1 aromatic rings. The molecule has 2 aliphatic rings.